The molecule has 1 aromatic rings. The second-order valence-electron chi connectivity index (χ2n) is 5.97. The highest BCUT2D eigenvalue weighted by Gasteiger charge is 2.12. The Bertz CT molecular complexity index is 595. The van der Waals surface area contributed by atoms with Gasteiger partial charge in [-0.1, -0.05) is 40.2 Å². The van der Waals surface area contributed by atoms with Crippen molar-refractivity contribution < 1.29 is 0 Å². The lowest BCUT2D eigenvalue weighted by atomic mass is 9.98. The van der Waals surface area contributed by atoms with Crippen LogP contribution in [0.3, 0.4) is 0 Å². The predicted molar refractivity (Wildman–Crippen MR) is 107 cm³/mol. The maximum Gasteiger partial charge on any atom is 0.189 e. The van der Waals surface area contributed by atoms with E-state index in [0.717, 1.165) is 43.7 Å². The molecule has 0 bridgehead atoms. The molecule has 1 unspecified atom stereocenters. The molecule has 138 valence electrons. The largest absolute Gasteiger partial charge is 0.342 e. The van der Waals surface area contributed by atoms with Crippen molar-refractivity contribution in [3.8, 4) is 0 Å². The molecule has 0 saturated heterocycles. The van der Waals surface area contributed by atoms with E-state index in [0.29, 0.717) is 17.6 Å². The molecular weight excluding hydrogens is 312 g/mol. The van der Waals surface area contributed by atoms with Gasteiger partial charge in [-0.25, -0.2) is 9.98 Å². The van der Waals surface area contributed by atoms with Gasteiger partial charge in [-0.3, -0.25) is 10.4 Å². The van der Waals surface area contributed by atoms with E-state index in [1.54, 1.807) is 18.6 Å². The number of nitrogens with one attached hydrogen (secondary N) is 2. The maximum absolute atomic E-state index is 4.77. The third kappa shape index (κ3) is 7.45. The van der Waals surface area contributed by atoms with Gasteiger partial charge >= 0.3 is 0 Å². The summed E-state index contributed by atoms with van der Waals surface area (Å²) >= 11 is 0. The van der Waals surface area contributed by atoms with Crippen LogP contribution in [-0.4, -0.2) is 33.8 Å². The number of aromatic amines is 1. The third-order valence-corrected chi connectivity index (χ3v) is 3.81. The fraction of sp³-hybridized carbons (Fsp3) is 0.579. The Kier molecular flexibility index (Phi) is 10.1. The van der Waals surface area contributed by atoms with E-state index >= 15 is 0 Å². The molecular formula is C19H32N6. The second-order valence-corrected chi connectivity index (χ2v) is 5.97. The fourth-order valence-corrected chi connectivity index (χ4v) is 2.15. The van der Waals surface area contributed by atoms with Crippen LogP contribution in [-0.2, 0) is 0 Å². The molecule has 25 heavy (non-hydrogen) atoms. The van der Waals surface area contributed by atoms with Gasteiger partial charge in [-0.05, 0) is 32.1 Å². The molecule has 1 heterocycles. The smallest absolute Gasteiger partial charge is 0.189 e. The highest BCUT2D eigenvalue weighted by atomic mass is 15.3. The van der Waals surface area contributed by atoms with Crippen molar-refractivity contribution in [2.24, 2.45) is 21.0 Å². The van der Waals surface area contributed by atoms with E-state index < -0.39 is 0 Å². The Balaban J connectivity index is 3.03. The number of allylic oxidation sites excluding steroid dienone is 1. The lowest BCUT2D eigenvalue weighted by Gasteiger charge is -2.13. The summed E-state index contributed by atoms with van der Waals surface area (Å²) in [5.41, 5.74) is 5.14. The number of hydrazone groups is 1. The number of rotatable bonds is 10. The lowest BCUT2D eigenvalue weighted by Crippen LogP contribution is -2.26. The minimum atomic E-state index is 0.590. The molecule has 1 atom stereocenters. The van der Waals surface area contributed by atoms with Crippen molar-refractivity contribution in [2.45, 2.75) is 60.3 Å². The van der Waals surface area contributed by atoms with Crippen LogP contribution in [0.5, 0.6) is 0 Å². The first-order chi connectivity index (χ1) is 12.2. The molecule has 0 aromatic carbocycles. The number of aliphatic imine (C=N–C) groups is 2. The molecule has 6 nitrogen and oxygen atoms in total. The van der Waals surface area contributed by atoms with Crippen LogP contribution in [0.2, 0.25) is 0 Å². The summed E-state index contributed by atoms with van der Waals surface area (Å²) in [5.74, 6) is 1.84. The molecule has 0 aliphatic rings. The molecule has 2 N–H and O–H groups in total. The fourth-order valence-electron chi connectivity index (χ4n) is 2.15. The average Bonchev–Trinajstić information content (AvgIpc) is 3.16. The minimum Gasteiger partial charge on any atom is -0.342 e. The third-order valence-electron chi connectivity index (χ3n) is 3.81. The summed E-state index contributed by atoms with van der Waals surface area (Å²) in [4.78, 5) is 16.4. The van der Waals surface area contributed by atoms with E-state index in [9.17, 15) is 0 Å². The zero-order chi connectivity index (χ0) is 18.5. The summed E-state index contributed by atoms with van der Waals surface area (Å²) in [5, 5.41) is 4.60. The Morgan fingerprint density at radius 3 is 2.68 bits per heavy atom. The van der Waals surface area contributed by atoms with Crippen molar-refractivity contribution in [3.05, 3.63) is 30.5 Å². The highest BCUT2D eigenvalue weighted by molar-refractivity contribution is 6.42. The number of hydrogen-bond acceptors (Lipinski definition) is 4. The van der Waals surface area contributed by atoms with Gasteiger partial charge < -0.3 is 4.98 Å². The zero-order valence-corrected chi connectivity index (χ0v) is 16.2. The van der Waals surface area contributed by atoms with E-state index in [-0.39, 0.29) is 0 Å². The van der Waals surface area contributed by atoms with Gasteiger partial charge in [0.05, 0.1) is 11.4 Å². The summed E-state index contributed by atoms with van der Waals surface area (Å²) in [7, 11) is 0. The van der Waals surface area contributed by atoms with Gasteiger partial charge in [0.25, 0.3) is 0 Å². The van der Waals surface area contributed by atoms with Crippen LogP contribution in [0.1, 0.15) is 66.1 Å². The molecule has 1 aromatic heterocycles. The van der Waals surface area contributed by atoms with Crippen LogP contribution in [0.15, 0.2) is 39.8 Å². The van der Waals surface area contributed by atoms with Crippen LogP contribution < -0.4 is 5.43 Å². The predicted octanol–water partition coefficient (Wildman–Crippen LogP) is 4.33. The molecule has 0 amide bonds. The number of imidazole rings is 1. The SMILES string of the molecule is C/C=C/N=C(N/N=C(/CC)C(CC(C)CC)=NCCC)c1ncc[nH]1. The summed E-state index contributed by atoms with van der Waals surface area (Å²) < 4.78 is 0. The number of aromatic nitrogens is 2. The minimum absolute atomic E-state index is 0.590. The maximum atomic E-state index is 4.77. The number of nitrogens with zero attached hydrogens (tertiary/aromatic N) is 4. The molecule has 0 aliphatic heterocycles. The first-order valence-electron chi connectivity index (χ1n) is 9.21. The molecule has 6 heteroatoms. The Labute approximate surface area is 151 Å². The highest BCUT2D eigenvalue weighted by Crippen LogP contribution is 2.10. The van der Waals surface area contributed by atoms with Crippen LogP contribution in [0.25, 0.3) is 0 Å². The topological polar surface area (TPSA) is 77.8 Å². The lowest BCUT2D eigenvalue weighted by molar-refractivity contribution is 0.587. The van der Waals surface area contributed by atoms with Gasteiger partial charge in [-0.2, -0.15) is 5.10 Å². The number of hydrogen-bond donors (Lipinski definition) is 2. The summed E-state index contributed by atoms with van der Waals surface area (Å²) in [6.45, 7) is 11.5. The number of amidine groups is 1. The number of H-pyrrole nitrogens is 1. The van der Waals surface area contributed by atoms with Crippen molar-refractivity contribution >= 4 is 17.3 Å². The molecule has 0 spiro atoms. The van der Waals surface area contributed by atoms with E-state index in [4.69, 9.17) is 4.99 Å². The van der Waals surface area contributed by atoms with Gasteiger partial charge in [0.15, 0.2) is 11.7 Å². The molecule has 0 saturated carbocycles. The second kappa shape index (κ2) is 12.2. The molecule has 0 radical (unpaired) electrons. The van der Waals surface area contributed by atoms with Crippen molar-refractivity contribution in [3.63, 3.8) is 0 Å². The monoisotopic (exact) mass is 344 g/mol. The molecule has 0 fully saturated rings. The normalized spacial score (nSPS) is 15.0. The average molecular weight is 345 g/mol. The molecule has 0 aliphatic carbocycles. The van der Waals surface area contributed by atoms with Crippen molar-refractivity contribution in [1.29, 1.82) is 0 Å². The van der Waals surface area contributed by atoms with E-state index in [1.807, 2.05) is 13.0 Å². The standard InChI is InChI=1S/C19H32N6/c1-6-10-20-17(14-15(5)8-3)16(9-4)24-25-19(21-11-7-2)18-22-12-13-23-18/h7,11-13,15H,6,8-10,14H2,1-5H3,(H,21,25)(H,22,23)/b11-7+,20-17?,24-16-. The Morgan fingerprint density at radius 1 is 1.32 bits per heavy atom. The van der Waals surface area contributed by atoms with Gasteiger partial charge in [0.2, 0.25) is 0 Å². The quantitative estimate of drug-likeness (QED) is 0.376. The molecule has 1 rings (SSSR count). The van der Waals surface area contributed by atoms with E-state index in [2.05, 4.69) is 53.2 Å². The van der Waals surface area contributed by atoms with Gasteiger partial charge in [0, 0.05) is 25.1 Å². The van der Waals surface area contributed by atoms with Crippen LogP contribution in [0, 0.1) is 5.92 Å². The van der Waals surface area contributed by atoms with Crippen LogP contribution >= 0.6 is 0 Å². The van der Waals surface area contributed by atoms with Crippen molar-refractivity contribution in [1.82, 2.24) is 15.4 Å². The summed E-state index contributed by atoms with van der Waals surface area (Å²) in [6, 6.07) is 0. The Hall–Kier alpha value is -2.24. The first-order valence-corrected chi connectivity index (χ1v) is 9.21. The van der Waals surface area contributed by atoms with Gasteiger partial charge in [0.1, 0.15) is 0 Å². The first kappa shape index (κ1) is 20.8. The van der Waals surface area contributed by atoms with Crippen molar-refractivity contribution in [2.75, 3.05) is 6.54 Å². The Morgan fingerprint density at radius 2 is 2.12 bits per heavy atom. The van der Waals surface area contributed by atoms with E-state index in [1.165, 1.54) is 0 Å². The summed E-state index contributed by atoms with van der Waals surface area (Å²) in [6.07, 6.45) is 11.0. The van der Waals surface area contributed by atoms with Gasteiger partial charge in [-0.15, -0.1) is 0 Å². The van der Waals surface area contributed by atoms with Crippen LogP contribution in [0.4, 0.5) is 0 Å². The zero-order valence-electron chi connectivity index (χ0n) is 16.2.